The zero-order chi connectivity index (χ0) is 27.9. The molecule has 8 rings (SSSR count). The van der Waals surface area contributed by atoms with Crippen molar-refractivity contribution in [2.75, 3.05) is 0 Å². The molecule has 0 unspecified atom stereocenters. The second-order valence-corrected chi connectivity index (χ2v) is 10.6. The summed E-state index contributed by atoms with van der Waals surface area (Å²) in [5.41, 5.74) is 7.83. The number of nitrogens with zero attached hydrogens (tertiary/aromatic N) is 2. The van der Waals surface area contributed by atoms with Gasteiger partial charge >= 0.3 is 0 Å². The molecule has 2 heterocycles. The summed E-state index contributed by atoms with van der Waals surface area (Å²) in [7, 11) is 0. The maximum absolute atomic E-state index is 6.72. The average molecular weight is 539 g/mol. The fraction of sp³-hybridized carbons (Fsp3) is 0.0256. The summed E-state index contributed by atoms with van der Waals surface area (Å²) in [6.45, 7) is 0. The van der Waals surface area contributed by atoms with Crippen molar-refractivity contribution in [3.05, 3.63) is 180 Å². The molecule has 1 aliphatic rings. The molecule has 0 saturated heterocycles. The van der Waals surface area contributed by atoms with Gasteiger partial charge in [-0.15, -0.1) is 0 Å². The summed E-state index contributed by atoms with van der Waals surface area (Å²) < 4.78 is 6.72. The topological polar surface area (TPSA) is 35.0 Å². The third-order valence-corrected chi connectivity index (χ3v) is 8.22. The lowest BCUT2D eigenvalue weighted by Crippen LogP contribution is -2.34. The SMILES string of the molecule is c1ccc(-c2nc(-c3ccc4c(c3)Oc3ccccc3C4(c3ccccc3)c3ccccc3)c3ccccc3n2)cc1. The van der Waals surface area contributed by atoms with Crippen LogP contribution in [-0.4, -0.2) is 9.97 Å². The van der Waals surface area contributed by atoms with E-state index in [1.54, 1.807) is 0 Å². The molecule has 0 radical (unpaired) electrons. The van der Waals surface area contributed by atoms with Crippen LogP contribution in [-0.2, 0) is 5.41 Å². The van der Waals surface area contributed by atoms with Crippen molar-refractivity contribution < 1.29 is 4.74 Å². The molecule has 0 fully saturated rings. The normalized spacial score (nSPS) is 13.1. The predicted octanol–water partition coefficient (Wildman–Crippen LogP) is 9.45. The summed E-state index contributed by atoms with van der Waals surface area (Å²) >= 11 is 0. The molecule has 42 heavy (non-hydrogen) atoms. The fourth-order valence-electron chi connectivity index (χ4n) is 6.37. The van der Waals surface area contributed by atoms with Crippen LogP contribution in [0.5, 0.6) is 11.5 Å². The summed E-state index contributed by atoms with van der Waals surface area (Å²) in [4.78, 5) is 10.0. The van der Waals surface area contributed by atoms with E-state index in [1.807, 2.05) is 42.5 Å². The van der Waals surface area contributed by atoms with Gasteiger partial charge in [0.1, 0.15) is 11.5 Å². The first kappa shape index (κ1) is 24.3. The number of fused-ring (bicyclic) bond motifs is 3. The van der Waals surface area contributed by atoms with E-state index >= 15 is 0 Å². The van der Waals surface area contributed by atoms with Crippen LogP contribution >= 0.6 is 0 Å². The van der Waals surface area contributed by atoms with E-state index in [0.29, 0.717) is 5.82 Å². The summed E-state index contributed by atoms with van der Waals surface area (Å²) in [5.74, 6) is 2.38. The van der Waals surface area contributed by atoms with Crippen molar-refractivity contribution in [2.24, 2.45) is 0 Å². The van der Waals surface area contributed by atoms with E-state index in [1.165, 1.54) is 11.1 Å². The Labute approximate surface area is 244 Å². The molecule has 0 spiro atoms. The maximum Gasteiger partial charge on any atom is 0.160 e. The number of para-hydroxylation sites is 2. The van der Waals surface area contributed by atoms with E-state index in [9.17, 15) is 0 Å². The standard InChI is InChI=1S/C39H26N2O/c1-4-14-27(15-5-1)38-40-34-22-12-10-20-31(34)37(41-38)28-24-25-33-36(26-28)42-35-23-13-11-21-32(35)39(33,29-16-6-2-7-17-29)30-18-8-3-9-19-30/h1-26H. The van der Waals surface area contributed by atoms with Gasteiger partial charge in [-0.1, -0.05) is 140 Å². The van der Waals surface area contributed by atoms with Crippen LogP contribution in [0.2, 0.25) is 0 Å². The van der Waals surface area contributed by atoms with Crippen LogP contribution in [0.4, 0.5) is 0 Å². The summed E-state index contributed by atoms with van der Waals surface area (Å²) in [6.07, 6.45) is 0. The molecule has 1 aliphatic heterocycles. The molecule has 6 aromatic carbocycles. The number of benzene rings is 6. The van der Waals surface area contributed by atoms with Crippen LogP contribution in [0.3, 0.4) is 0 Å². The first-order valence-electron chi connectivity index (χ1n) is 14.2. The predicted molar refractivity (Wildman–Crippen MR) is 169 cm³/mol. The molecule has 3 heteroatoms. The summed E-state index contributed by atoms with van der Waals surface area (Å²) in [6, 6.07) is 54.8. The van der Waals surface area contributed by atoms with Gasteiger partial charge in [-0.2, -0.15) is 0 Å². The van der Waals surface area contributed by atoms with Gasteiger partial charge in [0.2, 0.25) is 0 Å². The minimum atomic E-state index is -0.547. The Bertz CT molecular complexity index is 2010. The van der Waals surface area contributed by atoms with E-state index in [-0.39, 0.29) is 0 Å². The first-order chi connectivity index (χ1) is 20.8. The largest absolute Gasteiger partial charge is 0.457 e. The van der Waals surface area contributed by atoms with Crippen LogP contribution in [0.1, 0.15) is 22.3 Å². The number of aromatic nitrogens is 2. The third-order valence-electron chi connectivity index (χ3n) is 8.22. The zero-order valence-corrected chi connectivity index (χ0v) is 22.8. The van der Waals surface area contributed by atoms with Crippen LogP contribution in [0, 0.1) is 0 Å². The van der Waals surface area contributed by atoms with Gasteiger partial charge in [-0.05, 0) is 29.3 Å². The number of hydrogen-bond donors (Lipinski definition) is 0. The van der Waals surface area contributed by atoms with Crippen molar-refractivity contribution in [1.82, 2.24) is 9.97 Å². The minimum absolute atomic E-state index is 0.547. The first-order valence-corrected chi connectivity index (χ1v) is 14.2. The molecular formula is C39H26N2O. The van der Waals surface area contributed by atoms with Crippen molar-refractivity contribution in [1.29, 1.82) is 0 Å². The zero-order valence-electron chi connectivity index (χ0n) is 22.8. The lowest BCUT2D eigenvalue weighted by molar-refractivity contribution is 0.434. The Hall–Kier alpha value is -5.54. The van der Waals surface area contributed by atoms with Crippen molar-refractivity contribution in [3.63, 3.8) is 0 Å². The molecular weight excluding hydrogens is 512 g/mol. The van der Waals surface area contributed by atoms with E-state index in [2.05, 4.69) is 115 Å². The quantitative estimate of drug-likeness (QED) is 0.224. The minimum Gasteiger partial charge on any atom is -0.457 e. The Morgan fingerprint density at radius 2 is 1.05 bits per heavy atom. The van der Waals surface area contributed by atoms with Gasteiger partial charge in [0, 0.05) is 27.6 Å². The Morgan fingerprint density at radius 1 is 0.452 bits per heavy atom. The molecule has 198 valence electrons. The molecule has 3 nitrogen and oxygen atoms in total. The maximum atomic E-state index is 6.72. The highest BCUT2D eigenvalue weighted by atomic mass is 16.5. The smallest absolute Gasteiger partial charge is 0.160 e. The molecule has 0 N–H and O–H groups in total. The molecule has 0 saturated carbocycles. The average Bonchev–Trinajstić information content (AvgIpc) is 3.07. The van der Waals surface area contributed by atoms with Gasteiger partial charge < -0.3 is 4.74 Å². The number of rotatable bonds is 4. The second kappa shape index (κ2) is 9.83. The van der Waals surface area contributed by atoms with Crippen molar-refractivity contribution in [2.45, 2.75) is 5.41 Å². The van der Waals surface area contributed by atoms with Crippen LogP contribution < -0.4 is 4.74 Å². The number of ether oxygens (including phenoxy) is 1. The third kappa shape index (κ3) is 3.75. The summed E-state index contributed by atoms with van der Waals surface area (Å²) in [5, 5.41) is 1.01. The highest BCUT2D eigenvalue weighted by molar-refractivity contribution is 5.94. The van der Waals surface area contributed by atoms with Gasteiger partial charge in [0.15, 0.2) is 5.82 Å². The lowest BCUT2D eigenvalue weighted by atomic mass is 9.63. The second-order valence-electron chi connectivity index (χ2n) is 10.6. The molecule has 0 aliphatic carbocycles. The molecule has 0 atom stereocenters. The molecule has 1 aromatic heterocycles. The molecule has 7 aromatic rings. The number of hydrogen-bond acceptors (Lipinski definition) is 3. The fourth-order valence-corrected chi connectivity index (χ4v) is 6.37. The monoisotopic (exact) mass is 538 g/mol. The van der Waals surface area contributed by atoms with Gasteiger partial charge in [-0.25, -0.2) is 9.97 Å². The van der Waals surface area contributed by atoms with Gasteiger partial charge in [0.05, 0.1) is 16.6 Å². The Morgan fingerprint density at radius 3 is 1.79 bits per heavy atom. The lowest BCUT2D eigenvalue weighted by Gasteiger charge is -2.41. The van der Waals surface area contributed by atoms with Crippen LogP contribution in [0.25, 0.3) is 33.5 Å². The molecule has 0 bridgehead atoms. The van der Waals surface area contributed by atoms with Gasteiger partial charge in [0.25, 0.3) is 0 Å². The Balaban J connectivity index is 1.40. The highest BCUT2D eigenvalue weighted by Gasteiger charge is 2.45. The van der Waals surface area contributed by atoms with Gasteiger partial charge in [-0.3, -0.25) is 0 Å². The van der Waals surface area contributed by atoms with E-state index < -0.39 is 5.41 Å². The van der Waals surface area contributed by atoms with E-state index in [4.69, 9.17) is 14.7 Å². The van der Waals surface area contributed by atoms with Crippen molar-refractivity contribution in [3.8, 4) is 34.1 Å². The van der Waals surface area contributed by atoms with Crippen molar-refractivity contribution >= 4 is 10.9 Å². The van der Waals surface area contributed by atoms with Crippen LogP contribution in [0.15, 0.2) is 158 Å². The highest BCUT2D eigenvalue weighted by Crippen LogP contribution is 2.55. The molecule has 0 amide bonds. The van der Waals surface area contributed by atoms with E-state index in [0.717, 1.165) is 50.3 Å². The Kier molecular flexibility index (Phi) is 5.68.